The van der Waals surface area contributed by atoms with Crippen molar-refractivity contribution in [2.45, 2.75) is 33.2 Å². The van der Waals surface area contributed by atoms with Gasteiger partial charge in [0.1, 0.15) is 17.8 Å². The smallest absolute Gasteiger partial charge is 0.145 e. The van der Waals surface area contributed by atoms with Gasteiger partial charge < -0.3 is 10.3 Å². The molecule has 4 nitrogen and oxygen atoms in total. The average molecular weight is 216 g/mol. The predicted molar refractivity (Wildman–Crippen MR) is 64.1 cm³/mol. The molecule has 2 N–H and O–H groups in total. The van der Waals surface area contributed by atoms with Crippen LogP contribution in [-0.4, -0.2) is 14.5 Å². The van der Waals surface area contributed by atoms with Crippen LogP contribution in [0, 0.1) is 19.8 Å². The van der Waals surface area contributed by atoms with Crippen molar-refractivity contribution in [1.29, 1.82) is 0 Å². The van der Waals surface area contributed by atoms with Crippen molar-refractivity contribution >= 4 is 16.9 Å². The Morgan fingerprint density at radius 3 is 2.81 bits per heavy atom. The van der Waals surface area contributed by atoms with Crippen LogP contribution >= 0.6 is 0 Å². The Labute approximate surface area is 94.5 Å². The molecule has 1 aliphatic rings. The molecule has 2 heterocycles. The fraction of sp³-hybridized carbons (Fsp3) is 0.500. The molecule has 0 spiro atoms. The van der Waals surface area contributed by atoms with Gasteiger partial charge in [-0.1, -0.05) is 0 Å². The monoisotopic (exact) mass is 216 g/mol. The molecule has 0 bridgehead atoms. The van der Waals surface area contributed by atoms with Crippen LogP contribution in [0.5, 0.6) is 0 Å². The normalized spacial score (nSPS) is 15.9. The molecular formula is C12H16N4. The number of nitrogens with two attached hydrogens (primary N) is 1. The third-order valence-electron chi connectivity index (χ3n) is 3.57. The van der Waals surface area contributed by atoms with Crippen molar-refractivity contribution in [1.82, 2.24) is 14.5 Å². The Kier molecular flexibility index (Phi) is 1.93. The summed E-state index contributed by atoms with van der Waals surface area (Å²) >= 11 is 0. The molecule has 2 aromatic rings. The summed E-state index contributed by atoms with van der Waals surface area (Å²) in [5, 5.41) is 1.03. The van der Waals surface area contributed by atoms with Gasteiger partial charge in [-0.05, 0) is 38.2 Å². The molecule has 0 atom stereocenters. The molecule has 1 saturated carbocycles. The maximum atomic E-state index is 5.92. The van der Waals surface area contributed by atoms with Crippen molar-refractivity contribution in [2.24, 2.45) is 5.92 Å². The fourth-order valence-electron chi connectivity index (χ4n) is 2.28. The molecule has 1 fully saturated rings. The third kappa shape index (κ3) is 1.29. The van der Waals surface area contributed by atoms with Crippen molar-refractivity contribution < 1.29 is 0 Å². The summed E-state index contributed by atoms with van der Waals surface area (Å²) in [7, 11) is 0. The van der Waals surface area contributed by atoms with Crippen LogP contribution in [0.1, 0.15) is 24.1 Å². The Balaban J connectivity index is 2.25. The zero-order chi connectivity index (χ0) is 11.3. The van der Waals surface area contributed by atoms with Crippen LogP contribution in [-0.2, 0) is 6.54 Å². The van der Waals surface area contributed by atoms with Crippen LogP contribution < -0.4 is 5.73 Å². The zero-order valence-corrected chi connectivity index (χ0v) is 9.70. The molecule has 84 valence electrons. The summed E-state index contributed by atoms with van der Waals surface area (Å²) in [5.41, 5.74) is 9.40. The topological polar surface area (TPSA) is 56.7 Å². The molecule has 0 amide bonds. The minimum absolute atomic E-state index is 0.597. The molecule has 2 aromatic heterocycles. The highest BCUT2D eigenvalue weighted by Crippen LogP contribution is 2.34. The van der Waals surface area contributed by atoms with E-state index in [0.29, 0.717) is 5.82 Å². The molecule has 16 heavy (non-hydrogen) atoms. The summed E-state index contributed by atoms with van der Waals surface area (Å²) in [6.45, 7) is 5.31. The first-order valence-electron chi connectivity index (χ1n) is 5.74. The van der Waals surface area contributed by atoms with Crippen molar-refractivity contribution in [3.05, 3.63) is 17.6 Å². The van der Waals surface area contributed by atoms with E-state index in [4.69, 9.17) is 5.73 Å². The van der Waals surface area contributed by atoms with E-state index in [1.807, 2.05) is 0 Å². The number of nitrogens with zero attached hydrogens (tertiary/aromatic N) is 3. The number of aryl methyl sites for hydroxylation is 1. The standard InChI is InChI=1S/C12H16N4/c1-7-8(2)16(5-9-3-4-9)12-10(7)11(13)14-6-15-12/h6,9H,3-5H2,1-2H3,(H2,13,14,15). The fourth-order valence-corrected chi connectivity index (χ4v) is 2.28. The number of nitrogen functional groups attached to an aromatic ring is 1. The first-order chi connectivity index (χ1) is 7.68. The number of anilines is 1. The van der Waals surface area contributed by atoms with Gasteiger partial charge in [0.25, 0.3) is 0 Å². The lowest BCUT2D eigenvalue weighted by Crippen LogP contribution is -2.03. The molecule has 0 unspecified atom stereocenters. The maximum Gasteiger partial charge on any atom is 0.145 e. The van der Waals surface area contributed by atoms with Crippen LogP contribution in [0.3, 0.4) is 0 Å². The van der Waals surface area contributed by atoms with Crippen LogP contribution in [0.15, 0.2) is 6.33 Å². The Bertz CT molecular complexity index is 552. The summed E-state index contributed by atoms with van der Waals surface area (Å²) < 4.78 is 2.29. The van der Waals surface area contributed by atoms with Gasteiger partial charge in [-0.15, -0.1) is 0 Å². The predicted octanol–water partition coefficient (Wildman–Crippen LogP) is 2.04. The van der Waals surface area contributed by atoms with Gasteiger partial charge in [-0.3, -0.25) is 0 Å². The van der Waals surface area contributed by atoms with Gasteiger partial charge in [0.2, 0.25) is 0 Å². The van der Waals surface area contributed by atoms with E-state index in [1.54, 1.807) is 6.33 Å². The SMILES string of the molecule is Cc1c(C)n(CC2CC2)c2ncnc(N)c12. The first-order valence-corrected chi connectivity index (χ1v) is 5.74. The number of hydrogen-bond acceptors (Lipinski definition) is 3. The molecule has 0 radical (unpaired) electrons. The second-order valence-corrected chi connectivity index (χ2v) is 4.72. The summed E-state index contributed by atoms with van der Waals surface area (Å²) in [4.78, 5) is 8.45. The van der Waals surface area contributed by atoms with E-state index in [9.17, 15) is 0 Å². The number of aromatic nitrogens is 3. The Hall–Kier alpha value is -1.58. The molecule has 1 aliphatic carbocycles. The number of rotatable bonds is 2. The lowest BCUT2D eigenvalue weighted by molar-refractivity contribution is 0.627. The zero-order valence-electron chi connectivity index (χ0n) is 9.70. The lowest BCUT2D eigenvalue weighted by atomic mass is 10.2. The Morgan fingerprint density at radius 2 is 2.12 bits per heavy atom. The third-order valence-corrected chi connectivity index (χ3v) is 3.57. The van der Waals surface area contributed by atoms with Gasteiger partial charge in [-0.25, -0.2) is 9.97 Å². The number of hydrogen-bond donors (Lipinski definition) is 1. The average Bonchev–Trinajstić information content (AvgIpc) is 3.03. The van der Waals surface area contributed by atoms with E-state index in [-0.39, 0.29) is 0 Å². The van der Waals surface area contributed by atoms with Gasteiger partial charge in [0, 0.05) is 12.2 Å². The van der Waals surface area contributed by atoms with E-state index >= 15 is 0 Å². The molecule has 0 aliphatic heterocycles. The summed E-state index contributed by atoms with van der Waals surface area (Å²) in [6.07, 6.45) is 4.25. The van der Waals surface area contributed by atoms with Gasteiger partial charge in [-0.2, -0.15) is 0 Å². The van der Waals surface area contributed by atoms with Crippen molar-refractivity contribution in [3.63, 3.8) is 0 Å². The molecule has 4 heteroatoms. The molecule has 0 aromatic carbocycles. The highest BCUT2D eigenvalue weighted by molar-refractivity contribution is 5.90. The van der Waals surface area contributed by atoms with Gasteiger partial charge in [0.05, 0.1) is 5.39 Å². The van der Waals surface area contributed by atoms with E-state index < -0.39 is 0 Å². The highest BCUT2D eigenvalue weighted by atomic mass is 15.1. The first kappa shape index (κ1) is 9.63. The highest BCUT2D eigenvalue weighted by Gasteiger charge is 2.24. The van der Waals surface area contributed by atoms with Gasteiger partial charge in [0.15, 0.2) is 0 Å². The quantitative estimate of drug-likeness (QED) is 0.835. The molecule has 0 saturated heterocycles. The summed E-state index contributed by atoms with van der Waals surface area (Å²) in [6, 6.07) is 0. The van der Waals surface area contributed by atoms with Crippen molar-refractivity contribution in [3.8, 4) is 0 Å². The van der Waals surface area contributed by atoms with Crippen molar-refractivity contribution in [2.75, 3.05) is 5.73 Å². The minimum Gasteiger partial charge on any atom is -0.383 e. The summed E-state index contributed by atoms with van der Waals surface area (Å²) in [5.74, 6) is 1.44. The lowest BCUT2D eigenvalue weighted by Gasteiger charge is -2.05. The van der Waals surface area contributed by atoms with Crippen LogP contribution in [0.2, 0.25) is 0 Å². The van der Waals surface area contributed by atoms with Crippen LogP contribution in [0.4, 0.5) is 5.82 Å². The molecule has 3 rings (SSSR count). The molecular weight excluding hydrogens is 200 g/mol. The number of fused-ring (bicyclic) bond motifs is 1. The largest absolute Gasteiger partial charge is 0.383 e. The second-order valence-electron chi connectivity index (χ2n) is 4.72. The maximum absolute atomic E-state index is 5.92. The minimum atomic E-state index is 0.597. The van der Waals surface area contributed by atoms with Gasteiger partial charge >= 0.3 is 0 Å². The van der Waals surface area contributed by atoms with Crippen LogP contribution in [0.25, 0.3) is 11.0 Å². The second kappa shape index (κ2) is 3.20. The van der Waals surface area contributed by atoms with E-state index in [0.717, 1.165) is 23.5 Å². The van der Waals surface area contributed by atoms with E-state index in [1.165, 1.54) is 24.1 Å². The Morgan fingerprint density at radius 1 is 1.38 bits per heavy atom. The van der Waals surface area contributed by atoms with E-state index in [2.05, 4.69) is 28.4 Å².